The van der Waals surface area contributed by atoms with Gasteiger partial charge in [0.25, 0.3) is 5.91 Å². The van der Waals surface area contributed by atoms with Crippen LogP contribution in [0.4, 0.5) is 5.69 Å². The van der Waals surface area contributed by atoms with Crippen molar-refractivity contribution in [1.82, 2.24) is 9.88 Å². The largest absolute Gasteiger partial charge is 0.474 e. The number of anilines is 1. The van der Waals surface area contributed by atoms with Crippen LogP contribution in [-0.2, 0) is 4.74 Å². The quantitative estimate of drug-likeness (QED) is 0.799. The molecular formula is C23H27N3O3. The summed E-state index contributed by atoms with van der Waals surface area (Å²) in [5.41, 5.74) is 1.94. The van der Waals surface area contributed by atoms with Crippen LogP contribution in [-0.4, -0.2) is 60.3 Å². The van der Waals surface area contributed by atoms with Gasteiger partial charge in [0.1, 0.15) is 6.10 Å². The topological polar surface area (TPSA) is 54.9 Å². The number of hydrogen-bond donors (Lipinski definition) is 0. The Bertz CT molecular complexity index is 822. The first kappa shape index (κ1) is 18.4. The van der Waals surface area contributed by atoms with Crippen LogP contribution in [0.25, 0.3) is 0 Å². The van der Waals surface area contributed by atoms with Gasteiger partial charge in [0.05, 0.1) is 13.2 Å². The zero-order chi connectivity index (χ0) is 19.6. The van der Waals surface area contributed by atoms with Gasteiger partial charge in [0.15, 0.2) is 0 Å². The zero-order valence-electron chi connectivity index (χ0n) is 16.6. The molecule has 6 nitrogen and oxygen atoms in total. The van der Waals surface area contributed by atoms with Crippen LogP contribution >= 0.6 is 0 Å². The van der Waals surface area contributed by atoms with Crippen molar-refractivity contribution in [3.63, 3.8) is 0 Å². The first-order valence-corrected chi connectivity index (χ1v) is 10.6. The van der Waals surface area contributed by atoms with E-state index in [1.54, 1.807) is 6.20 Å². The summed E-state index contributed by atoms with van der Waals surface area (Å²) in [6.07, 6.45) is 5.77. The minimum Gasteiger partial charge on any atom is -0.474 e. The smallest absolute Gasteiger partial charge is 0.254 e. The van der Waals surface area contributed by atoms with E-state index < -0.39 is 0 Å². The number of fused-ring (bicyclic) bond motifs is 2. The van der Waals surface area contributed by atoms with Gasteiger partial charge in [0, 0.05) is 61.5 Å². The molecule has 0 spiro atoms. The monoisotopic (exact) mass is 393 g/mol. The molecule has 3 aliphatic heterocycles. The van der Waals surface area contributed by atoms with Crippen molar-refractivity contribution in [1.29, 1.82) is 0 Å². The number of carbonyl (C=O) groups excluding carboxylic acids is 1. The van der Waals surface area contributed by atoms with Crippen LogP contribution in [0, 0.1) is 0 Å². The van der Waals surface area contributed by atoms with Gasteiger partial charge < -0.3 is 19.3 Å². The Morgan fingerprint density at radius 2 is 1.72 bits per heavy atom. The fourth-order valence-corrected chi connectivity index (χ4v) is 4.93. The van der Waals surface area contributed by atoms with E-state index >= 15 is 0 Å². The summed E-state index contributed by atoms with van der Waals surface area (Å²) in [6.45, 7) is 3.33. The molecule has 4 heterocycles. The van der Waals surface area contributed by atoms with Crippen LogP contribution in [0.5, 0.6) is 5.88 Å². The number of nitrogens with zero attached hydrogens (tertiary/aromatic N) is 3. The van der Waals surface area contributed by atoms with Crippen molar-refractivity contribution in [2.75, 3.05) is 31.2 Å². The van der Waals surface area contributed by atoms with Crippen molar-refractivity contribution in [3.8, 4) is 5.88 Å². The molecule has 0 radical (unpaired) electrons. The fourth-order valence-electron chi connectivity index (χ4n) is 4.93. The summed E-state index contributed by atoms with van der Waals surface area (Å²) in [7, 11) is 0. The van der Waals surface area contributed by atoms with E-state index in [0.29, 0.717) is 5.88 Å². The number of ether oxygens (including phenoxy) is 2. The lowest BCUT2D eigenvalue weighted by atomic mass is 9.98. The lowest BCUT2D eigenvalue weighted by Gasteiger charge is -2.38. The van der Waals surface area contributed by atoms with Gasteiger partial charge in [-0.3, -0.25) is 4.79 Å². The number of hydrogen-bond acceptors (Lipinski definition) is 5. The number of morpholine rings is 1. The van der Waals surface area contributed by atoms with E-state index in [1.165, 1.54) is 0 Å². The molecular weight excluding hydrogens is 366 g/mol. The molecule has 3 fully saturated rings. The summed E-state index contributed by atoms with van der Waals surface area (Å²) in [5, 5.41) is 0. The molecule has 29 heavy (non-hydrogen) atoms. The predicted octanol–water partition coefficient (Wildman–Crippen LogP) is 3.13. The predicted molar refractivity (Wildman–Crippen MR) is 110 cm³/mol. The average molecular weight is 393 g/mol. The van der Waals surface area contributed by atoms with Gasteiger partial charge in [-0.15, -0.1) is 0 Å². The van der Waals surface area contributed by atoms with Crippen molar-refractivity contribution < 1.29 is 14.3 Å². The Hall–Kier alpha value is -2.60. The standard InChI is InChI=1S/C23H27N3O3/c27-23(17-4-6-18(7-5-17)25-11-13-28-14-12-25)26-19-8-9-20(26)16-21(15-19)29-22-3-1-2-10-24-22/h1-7,10,19-21H,8-9,11-16H2. The molecule has 2 bridgehead atoms. The van der Waals surface area contributed by atoms with Gasteiger partial charge >= 0.3 is 0 Å². The second-order valence-corrected chi connectivity index (χ2v) is 8.12. The summed E-state index contributed by atoms with van der Waals surface area (Å²) in [5.74, 6) is 0.831. The fraction of sp³-hybridized carbons (Fsp3) is 0.478. The van der Waals surface area contributed by atoms with Crippen LogP contribution < -0.4 is 9.64 Å². The average Bonchev–Trinajstić information content (AvgIpc) is 3.05. The van der Waals surface area contributed by atoms with Gasteiger partial charge in [-0.1, -0.05) is 6.07 Å². The van der Waals surface area contributed by atoms with E-state index in [0.717, 1.165) is 63.2 Å². The lowest BCUT2D eigenvalue weighted by molar-refractivity contribution is 0.0348. The van der Waals surface area contributed by atoms with Crippen molar-refractivity contribution in [2.24, 2.45) is 0 Å². The van der Waals surface area contributed by atoms with E-state index in [4.69, 9.17) is 9.47 Å². The number of pyridine rings is 1. The highest BCUT2D eigenvalue weighted by Gasteiger charge is 2.44. The number of rotatable bonds is 4. The van der Waals surface area contributed by atoms with Gasteiger partial charge in [-0.2, -0.15) is 0 Å². The molecule has 2 unspecified atom stereocenters. The SMILES string of the molecule is O=C(c1ccc(N2CCOCC2)cc1)N1C2CCC1CC(Oc1ccccn1)C2. The van der Waals surface area contributed by atoms with E-state index in [-0.39, 0.29) is 24.1 Å². The molecule has 2 atom stereocenters. The number of benzene rings is 1. The highest BCUT2D eigenvalue weighted by molar-refractivity contribution is 5.95. The molecule has 5 rings (SSSR count). The van der Waals surface area contributed by atoms with E-state index in [2.05, 4.69) is 26.9 Å². The Labute approximate surface area is 171 Å². The molecule has 6 heteroatoms. The molecule has 3 saturated heterocycles. The molecule has 152 valence electrons. The Morgan fingerprint density at radius 3 is 2.38 bits per heavy atom. The van der Waals surface area contributed by atoms with Crippen molar-refractivity contribution in [2.45, 2.75) is 43.9 Å². The number of aromatic nitrogens is 1. The Balaban J connectivity index is 1.25. The highest BCUT2D eigenvalue weighted by atomic mass is 16.5. The third kappa shape index (κ3) is 3.81. The summed E-state index contributed by atoms with van der Waals surface area (Å²) < 4.78 is 11.5. The van der Waals surface area contributed by atoms with Crippen LogP contribution in [0.1, 0.15) is 36.0 Å². The third-order valence-corrected chi connectivity index (χ3v) is 6.34. The molecule has 0 N–H and O–H groups in total. The summed E-state index contributed by atoms with van der Waals surface area (Å²) in [4.78, 5) is 22.0. The van der Waals surface area contributed by atoms with Crippen LogP contribution in [0.3, 0.4) is 0 Å². The Morgan fingerprint density at radius 1 is 1.00 bits per heavy atom. The molecule has 1 aromatic heterocycles. The third-order valence-electron chi connectivity index (χ3n) is 6.34. The minimum atomic E-state index is 0.134. The summed E-state index contributed by atoms with van der Waals surface area (Å²) in [6, 6.07) is 14.3. The second kappa shape index (κ2) is 8.03. The zero-order valence-corrected chi connectivity index (χ0v) is 16.6. The Kier molecular flexibility index (Phi) is 5.10. The van der Waals surface area contributed by atoms with Crippen molar-refractivity contribution in [3.05, 3.63) is 54.2 Å². The van der Waals surface area contributed by atoms with Crippen LogP contribution in [0.2, 0.25) is 0 Å². The number of carbonyl (C=O) groups is 1. The van der Waals surface area contributed by atoms with Crippen LogP contribution in [0.15, 0.2) is 48.7 Å². The first-order valence-electron chi connectivity index (χ1n) is 10.6. The maximum atomic E-state index is 13.3. The number of amides is 1. The lowest BCUT2D eigenvalue weighted by Crippen LogP contribution is -2.49. The normalized spacial score (nSPS) is 26.4. The van der Waals surface area contributed by atoms with Gasteiger partial charge in [-0.25, -0.2) is 4.98 Å². The van der Waals surface area contributed by atoms with E-state index in [1.807, 2.05) is 30.3 Å². The highest BCUT2D eigenvalue weighted by Crippen LogP contribution is 2.38. The maximum Gasteiger partial charge on any atom is 0.254 e. The number of piperidine rings is 1. The molecule has 0 aliphatic carbocycles. The van der Waals surface area contributed by atoms with Gasteiger partial charge in [-0.05, 0) is 43.2 Å². The molecule has 1 aromatic carbocycles. The minimum absolute atomic E-state index is 0.134. The maximum absolute atomic E-state index is 13.3. The molecule has 2 aromatic rings. The molecule has 0 saturated carbocycles. The van der Waals surface area contributed by atoms with Crippen molar-refractivity contribution >= 4 is 11.6 Å². The van der Waals surface area contributed by atoms with E-state index in [9.17, 15) is 4.79 Å². The molecule has 1 amide bonds. The summed E-state index contributed by atoms with van der Waals surface area (Å²) >= 11 is 0. The second-order valence-electron chi connectivity index (χ2n) is 8.12. The first-order chi connectivity index (χ1) is 14.3. The van der Waals surface area contributed by atoms with Gasteiger partial charge in [0.2, 0.25) is 5.88 Å². The molecule has 3 aliphatic rings.